The summed E-state index contributed by atoms with van der Waals surface area (Å²) in [5.74, 6) is -0.993. The van der Waals surface area contributed by atoms with Crippen LogP contribution in [0, 0.1) is 5.82 Å². The third-order valence-electron chi connectivity index (χ3n) is 1.97. The monoisotopic (exact) mass is 179 g/mol. The molecule has 1 aromatic rings. The average molecular weight is 179 g/mol. The lowest BCUT2D eigenvalue weighted by molar-refractivity contribution is 0.101. The molecule has 0 aromatic heterocycles. The Morgan fingerprint density at radius 3 is 2.92 bits per heavy atom. The molecule has 1 aromatic carbocycles. The fourth-order valence-corrected chi connectivity index (χ4v) is 1.27. The molecule has 2 rings (SSSR count). The van der Waals surface area contributed by atoms with E-state index in [1.165, 1.54) is 18.3 Å². The lowest BCUT2D eigenvalue weighted by Gasteiger charge is -2.02. The summed E-state index contributed by atoms with van der Waals surface area (Å²) in [6, 6.07) is 2.86. The van der Waals surface area contributed by atoms with E-state index in [-0.39, 0.29) is 23.3 Å². The van der Waals surface area contributed by atoms with Crippen molar-refractivity contribution < 1.29 is 14.3 Å². The summed E-state index contributed by atoms with van der Waals surface area (Å²) in [5, 5.41) is 8.75. The maximum atomic E-state index is 13.3. The number of hydrogen-bond acceptors (Lipinski definition) is 2. The van der Waals surface area contributed by atoms with Gasteiger partial charge < -0.3 is 5.11 Å². The molecule has 0 aliphatic carbocycles. The summed E-state index contributed by atoms with van der Waals surface area (Å²) in [4.78, 5) is 14.4. The van der Waals surface area contributed by atoms with Crippen molar-refractivity contribution >= 4 is 12.1 Å². The van der Waals surface area contributed by atoms with Gasteiger partial charge in [-0.15, -0.1) is 0 Å². The maximum Gasteiger partial charge on any atom is 0.277 e. The minimum atomic E-state index is -0.561. The number of halogens is 1. The second kappa shape index (κ2) is 2.74. The molecule has 0 unspecified atom stereocenters. The van der Waals surface area contributed by atoms with E-state index in [9.17, 15) is 9.18 Å². The Hall–Kier alpha value is -1.55. The van der Waals surface area contributed by atoms with E-state index in [1.807, 2.05) is 0 Å². The zero-order valence-electron chi connectivity index (χ0n) is 6.62. The zero-order valence-corrected chi connectivity index (χ0v) is 6.62. The summed E-state index contributed by atoms with van der Waals surface area (Å²) >= 11 is 0. The van der Waals surface area contributed by atoms with Gasteiger partial charge in [0.2, 0.25) is 0 Å². The normalized spacial score (nSPS) is 13.5. The first-order valence-corrected chi connectivity index (χ1v) is 3.74. The third-order valence-corrected chi connectivity index (χ3v) is 1.97. The number of hydrogen-bond donors (Lipinski definition) is 1. The number of aliphatic imine (C=N–C) groups is 1. The first-order valence-electron chi connectivity index (χ1n) is 3.74. The largest absolute Gasteiger partial charge is 0.392 e. The van der Waals surface area contributed by atoms with Crippen LogP contribution in [0.1, 0.15) is 21.5 Å². The van der Waals surface area contributed by atoms with Crippen molar-refractivity contribution in [3.05, 3.63) is 34.6 Å². The zero-order chi connectivity index (χ0) is 9.42. The van der Waals surface area contributed by atoms with Crippen molar-refractivity contribution in [1.82, 2.24) is 0 Å². The Labute approximate surface area is 73.5 Å². The molecule has 0 saturated carbocycles. The predicted molar refractivity (Wildman–Crippen MR) is 44.2 cm³/mol. The van der Waals surface area contributed by atoms with Crippen molar-refractivity contribution in [1.29, 1.82) is 0 Å². The lowest BCUT2D eigenvalue weighted by Crippen LogP contribution is -1.99. The molecular formula is C9H6FNO2. The van der Waals surface area contributed by atoms with Crippen LogP contribution in [0.2, 0.25) is 0 Å². The van der Waals surface area contributed by atoms with Crippen LogP contribution in [0.5, 0.6) is 0 Å². The highest BCUT2D eigenvalue weighted by Crippen LogP contribution is 2.20. The SMILES string of the molecule is O=C1N=Cc2c1ccc(CO)c2F. The van der Waals surface area contributed by atoms with Gasteiger partial charge >= 0.3 is 0 Å². The number of fused-ring (bicyclic) bond motifs is 1. The first kappa shape index (κ1) is 8.07. The quantitative estimate of drug-likeness (QED) is 0.696. The molecule has 1 heterocycles. The molecule has 1 amide bonds. The van der Waals surface area contributed by atoms with E-state index in [0.717, 1.165) is 0 Å². The predicted octanol–water partition coefficient (Wildman–Crippen LogP) is 0.891. The minimum absolute atomic E-state index is 0.177. The molecule has 1 N–H and O–H groups in total. The van der Waals surface area contributed by atoms with E-state index in [1.54, 1.807) is 0 Å². The number of carbonyl (C=O) groups excluding carboxylic acids is 1. The summed E-state index contributed by atoms with van der Waals surface area (Å²) in [6.07, 6.45) is 1.19. The number of benzene rings is 1. The van der Waals surface area contributed by atoms with Crippen LogP contribution in [-0.4, -0.2) is 17.2 Å². The Balaban J connectivity index is 2.66. The first-order chi connectivity index (χ1) is 6.24. The minimum Gasteiger partial charge on any atom is -0.392 e. The van der Waals surface area contributed by atoms with Gasteiger partial charge in [0, 0.05) is 17.3 Å². The summed E-state index contributed by atoms with van der Waals surface area (Å²) in [5.41, 5.74) is 0.617. The van der Waals surface area contributed by atoms with E-state index in [0.29, 0.717) is 0 Å². The van der Waals surface area contributed by atoms with E-state index >= 15 is 0 Å². The molecule has 0 radical (unpaired) electrons. The number of nitrogens with zero attached hydrogens (tertiary/aromatic N) is 1. The number of carbonyl (C=O) groups is 1. The highest BCUT2D eigenvalue weighted by molar-refractivity contribution is 6.13. The van der Waals surface area contributed by atoms with Crippen LogP contribution in [0.25, 0.3) is 0 Å². The van der Waals surface area contributed by atoms with Crippen LogP contribution >= 0.6 is 0 Å². The summed E-state index contributed by atoms with van der Waals surface area (Å²) in [7, 11) is 0. The maximum absolute atomic E-state index is 13.3. The molecule has 3 nitrogen and oxygen atoms in total. The lowest BCUT2D eigenvalue weighted by atomic mass is 10.1. The van der Waals surface area contributed by atoms with Crippen LogP contribution in [0.4, 0.5) is 4.39 Å². The fraction of sp³-hybridized carbons (Fsp3) is 0.111. The smallest absolute Gasteiger partial charge is 0.277 e. The number of amides is 1. The molecule has 13 heavy (non-hydrogen) atoms. The van der Waals surface area contributed by atoms with Gasteiger partial charge in [-0.1, -0.05) is 6.07 Å². The van der Waals surface area contributed by atoms with Gasteiger partial charge in [-0.3, -0.25) is 4.79 Å². The highest BCUT2D eigenvalue weighted by atomic mass is 19.1. The molecule has 0 atom stereocenters. The second-order valence-electron chi connectivity index (χ2n) is 2.72. The van der Waals surface area contributed by atoms with Crippen LogP contribution in [-0.2, 0) is 6.61 Å². The van der Waals surface area contributed by atoms with Gasteiger partial charge in [-0.25, -0.2) is 9.38 Å². The Bertz CT molecular complexity index is 412. The molecule has 0 fully saturated rings. The van der Waals surface area contributed by atoms with Gasteiger partial charge in [0.05, 0.1) is 12.2 Å². The molecule has 0 saturated heterocycles. The molecular weight excluding hydrogens is 173 g/mol. The standard InChI is InChI=1S/C9H6FNO2/c10-8-5(4-12)1-2-6-7(8)3-11-9(6)13/h1-3,12H,4H2. The molecule has 4 heteroatoms. The molecule has 0 bridgehead atoms. The highest BCUT2D eigenvalue weighted by Gasteiger charge is 2.20. The van der Waals surface area contributed by atoms with Gasteiger partial charge in [0.1, 0.15) is 5.82 Å². The molecule has 0 spiro atoms. The van der Waals surface area contributed by atoms with Crippen molar-refractivity contribution in [3.63, 3.8) is 0 Å². The number of rotatable bonds is 1. The Morgan fingerprint density at radius 2 is 2.23 bits per heavy atom. The Kier molecular flexibility index (Phi) is 1.70. The van der Waals surface area contributed by atoms with E-state index in [4.69, 9.17) is 5.11 Å². The summed E-state index contributed by atoms with van der Waals surface area (Å²) < 4.78 is 13.3. The van der Waals surface area contributed by atoms with Crippen molar-refractivity contribution in [3.8, 4) is 0 Å². The van der Waals surface area contributed by atoms with Gasteiger partial charge in [-0.05, 0) is 6.07 Å². The number of aliphatic hydroxyl groups is 1. The van der Waals surface area contributed by atoms with E-state index in [2.05, 4.69) is 4.99 Å². The molecule has 1 aliphatic heterocycles. The van der Waals surface area contributed by atoms with Crippen LogP contribution in [0.3, 0.4) is 0 Å². The average Bonchev–Trinajstić information content (AvgIpc) is 2.50. The van der Waals surface area contributed by atoms with Crippen LogP contribution in [0.15, 0.2) is 17.1 Å². The second-order valence-corrected chi connectivity index (χ2v) is 2.72. The topological polar surface area (TPSA) is 49.7 Å². The number of aliphatic hydroxyl groups excluding tert-OH is 1. The van der Waals surface area contributed by atoms with E-state index < -0.39 is 11.7 Å². The fourth-order valence-electron chi connectivity index (χ4n) is 1.27. The summed E-state index contributed by atoms with van der Waals surface area (Å²) in [6.45, 7) is -0.374. The van der Waals surface area contributed by atoms with Gasteiger partial charge in [0.15, 0.2) is 0 Å². The molecule has 1 aliphatic rings. The van der Waals surface area contributed by atoms with Crippen molar-refractivity contribution in [2.24, 2.45) is 4.99 Å². The third kappa shape index (κ3) is 1.07. The van der Waals surface area contributed by atoms with Gasteiger partial charge in [-0.2, -0.15) is 0 Å². The molecule has 66 valence electrons. The van der Waals surface area contributed by atoms with Crippen LogP contribution < -0.4 is 0 Å². The Morgan fingerprint density at radius 1 is 1.46 bits per heavy atom. The van der Waals surface area contributed by atoms with Crippen molar-refractivity contribution in [2.45, 2.75) is 6.61 Å². The van der Waals surface area contributed by atoms with Crippen molar-refractivity contribution in [2.75, 3.05) is 0 Å². The van der Waals surface area contributed by atoms with Gasteiger partial charge in [0.25, 0.3) is 5.91 Å².